The molecule has 4 nitrogen and oxygen atoms in total. The molecule has 1 unspecified atom stereocenters. The van der Waals surface area contributed by atoms with Crippen molar-refractivity contribution < 1.29 is 4.79 Å². The third-order valence-corrected chi connectivity index (χ3v) is 3.87. The van der Waals surface area contributed by atoms with E-state index in [1.165, 1.54) is 0 Å². The number of nitrogens with zero attached hydrogens (tertiary/aromatic N) is 2. The van der Waals surface area contributed by atoms with Crippen LogP contribution < -0.4 is 5.73 Å². The van der Waals surface area contributed by atoms with E-state index in [9.17, 15) is 4.79 Å². The van der Waals surface area contributed by atoms with Gasteiger partial charge >= 0.3 is 0 Å². The highest BCUT2D eigenvalue weighted by Gasteiger charge is 2.29. The molecule has 1 saturated heterocycles. The van der Waals surface area contributed by atoms with E-state index in [0.29, 0.717) is 16.6 Å². The molecular weight excluding hydrogens is 270 g/mol. The summed E-state index contributed by atoms with van der Waals surface area (Å²) >= 11 is 4.92. The summed E-state index contributed by atoms with van der Waals surface area (Å²) in [6, 6.07) is 7.55. The van der Waals surface area contributed by atoms with Crippen LogP contribution in [0.15, 0.2) is 24.3 Å². The molecule has 0 bridgehead atoms. The smallest absolute Gasteiger partial charge is 0.254 e. The van der Waals surface area contributed by atoms with E-state index < -0.39 is 0 Å². The highest BCUT2D eigenvalue weighted by Crippen LogP contribution is 2.20. The number of likely N-dealkylation sites (N-methyl/N-ethyl adjacent to an activating group) is 1. The molecule has 5 heteroatoms. The Balaban J connectivity index is 2.11. The van der Waals surface area contributed by atoms with Crippen LogP contribution in [0, 0.1) is 0 Å². The SMILES string of the molecule is CN(C)CC1CCCN1C(=O)c1ccc(C(N)=S)cc1. The van der Waals surface area contributed by atoms with Crippen molar-refractivity contribution in [2.45, 2.75) is 18.9 Å². The number of rotatable bonds is 4. The van der Waals surface area contributed by atoms with Crippen molar-refractivity contribution in [3.05, 3.63) is 35.4 Å². The van der Waals surface area contributed by atoms with Crippen molar-refractivity contribution in [2.75, 3.05) is 27.2 Å². The first-order valence-corrected chi connectivity index (χ1v) is 7.25. The lowest BCUT2D eigenvalue weighted by Crippen LogP contribution is -2.41. The van der Waals surface area contributed by atoms with Gasteiger partial charge in [-0.25, -0.2) is 0 Å². The molecule has 108 valence electrons. The van der Waals surface area contributed by atoms with Crippen LogP contribution in [0.5, 0.6) is 0 Å². The van der Waals surface area contributed by atoms with Gasteiger partial charge in [-0.15, -0.1) is 0 Å². The van der Waals surface area contributed by atoms with Gasteiger partial charge in [-0.05, 0) is 39.1 Å². The fourth-order valence-corrected chi connectivity index (χ4v) is 2.79. The van der Waals surface area contributed by atoms with Gasteiger partial charge in [0.2, 0.25) is 0 Å². The number of carbonyl (C=O) groups excluding carboxylic acids is 1. The number of amides is 1. The zero-order chi connectivity index (χ0) is 14.7. The molecule has 20 heavy (non-hydrogen) atoms. The molecule has 2 rings (SSSR count). The number of nitrogens with two attached hydrogens (primary N) is 1. The topological polar surface area (TPSA) is 49.6 Å². The van der Waals surface area contributed by atoms with Crippen LogP contribution in [-0.2, 0) is 0 Å². The highest BCUT2D eigenvalue weighted by atomic mass is 32.1. The summed E-state index contributed by atoms with van der Waals surface area (Å²) in [5.74, 6) is 0.101. The molecule has 1 aromatic rings. The van der Waals surface area contributed by atoms with Gasteiger partial charge < -0.3 is 15.5 Å². The molecule has 0 spiro atoms. The molecule has 1 amide bonds. The summed E-state index contributed by atoms with van der Waals surface area (Å²) in [6.45, 7) is 1.76. The van der Waals surface area contributed by atoms with Crippen molar-refractivity contribution >= 4 is 23.1 Å². The minimum atomic E-state index is 0.101. The van der Waals surface area contributed by atoms with E-state index in [0.717, 1.165) is 31.5 Å². The Morgan fingerprint density at radius 2 is 1.95 bits per heavy atom. The fourth-order valence-electron chi connectivity index (χ4n) is 2.66. The molecule has 1 aliphatic rings. The molecule has 1 atom stereocenters. The number of hydrogen-bond acceptors (Lipinski definition) is 3. The molecule has 0 aliphatic carbocycles. The van der Waals surface area contributed by atoms with Gasteiger partial charge in [-0.2, -0.15) is 0 Å². The molecule has 0 radical (unpaired) electrons. The average molecular weight is 291 g/mol. The van der Waals surface area contributed by atoms with Gasteiger partial charge in [0.25, 0.3) is 5.91 Å². The Morgan fingerprint density at radius 1 is 1.35 bits per heavy atom. The first-order valence-electron chi connectivity index (χ1n) is 6.84. The Hall–Kier alpha value is -1.46. The first-order chi connectivity index (χ1) is 9.49. The summed E-state index contributed by atoms with van der Waals surface area (Å²) in [6.07, 6.45) is 2.16. The van der Waals surface area contributed by atoms with Crippen LogP contribution in [0.25, 0.3) is 0 Å². The predicted octanol–water partition coefficient (Wildman–Crippen LogP) is 1.49. The van der Waals surface area contributed by atoms with Crippen molar-refractivity contribution in [1.29, 1.82) is 0 Å². The van der Waals surface area contributed by atoms with Crippen LogP contribution in [0.2, 0.25) is 0 Å². The van der Waals surface area contributed by atoms with Crippen molar-refractivity contribution in [2.24, 2.45) is 5.73 Å². The molecule has 1 heterocycles. The zero-order valence-electron chi connectivity index (χ0n) is 12.0. The van der Waals surface area contributed by atoms with Gasteiger partial charge in [-0.1, -0.05) is 24.4 Å². The average Bonchev–Trinajstić information content (AvgIpc) is 2.85. The van der Waals surface area contributed by atoms with Crippen LogP contribution >= 0.6 is 12.2 Å². The molecule has 0 saturated carbocycles. The maximum Gasteiger partial charge on any atom is 0.254 e. The number of carbonyl (C=O) groups is 1. The van der Waals surface area contributed by atoms with Gasteiger partial charge in [0, 0.05) is 30.3 Å². The van der Waals surface area contributed by atoms with E-state index in [4.69, 9.17) is 18.0 Å². The molecule has 0 aromatic heterocycles. The summed E-state index contributed by atoms with van der Waals surface area (Å²) in [7, 11) is 4.08. The van der Waals surface area contributed by atoms with E-state index in [1.807, 2.05) is 43.3 Å². The van der Waals surface area contributed by atoms with Crippen molar-refractivity contribution in [3.8, 4) is 0 Å². The lowest BCUT2D eigenvalue weighted by atomic mass is 10.1. The second kappa shape index (κ2) is 6.33. The normalized spacial score (nSPS) is 18.6. The van der Waals surface area contributed by atoms with Crippen molar-refractivity contribution in [1.82, 2.24) is 9.80 Å². The fraction of sp³-hybridized carbons (Fsp3) is 0.467. The van der Waals surface area contributed by atoms with Crippen molar-refractivity contribution in [3.63, 3.8) is 0 Å². The summed E-state index contributed by atoms with van der Waals surface area (Å²) in [5, 5.41) is 0. The third kappa shape index (κ3) is 3.35. The summed E-state index contributed by atoms with van der Waals surface area (Å²) in [4.78, 5) is 17.0. The quantitative estimate of drug-likeness (QED) is 0.854. The molecular formula is C15H21N3OS. The largest absolute Gasteiger partial charge is 0.389 e. The number of hydrogen-bond donors (Lipinski definition) is 1. The second-order valence-corrected chi connectivity index (χ2v) is 5.94. The van der Waals surface area contributed by atoms with Gasteiger partial charge in [-0.3, -0.25) is 4.79 Å². The Bertz CT molecular complexity index is 498. The number of benzene rings is 1. The maximum absolute atomic E-state index is 12.6. The molecule has 1 fully saturated rings. The Kier molecular flexibility index (Phi) is 4.73. The van der Waals surface area contributed by atoms with Gasteiger partial charge in [0.1, 0.15) is 4.99 Å². The highest BCUT2D eigenvalue weighted by molar-refractivity contribution is 7.80. The van der Waals surface area contributed by atoms with E-state index in [1.54, 1.807) is 0 Å². The zero-order valence-corrected chi connectivity index (χ0v) is 12.8. The van der Waals surface area contributed by atoms with Crippen LogP contribution in [0.4, 0.5) is 0 Å². The lowest BCUT2D eigenvalue weighted by Gasteiger charge is -2.27. The number of likely N-dealkylation sites (tertiary alicyclic amines) is 1. The van der Waals surface area contributed by atoms with E-state index in [2.05, 4.69) is 4.90 Å². The number of thiocarbonyl (C=S) groups is 1. The molecule has 1 aliphatic heterocycles. The molecule has 1 aromatic carbocycles. The lowest BCUT2D eigenvalue weighted by molar-refractivity contribution is 0.0716. The summed E-state index contributed by atoms with van der Waals surface area (Å²) in [5.41, 5.74) is 7.07. The van der Waals surface area contributed by atoms with Gasteiger partial charge in [0.15, 0.2) is 0 Å². The molecule has 2 N–H and O–H groups in total. The van der Waals surface area contributed by atoms with Crippen LogP contribution in [0.1, 0.15) is 28.8 Å². The standard InChI is InChI=1S/C15H21N3OS/c1-17(2)10-13-4-3-9-18(13)15(19)12-7-5-11(6-8-12)14(16)20/h5-8,13H,3-4,9-10H2,1-2H3,(H2,16,20). The van der Waals surface area contributed by atoms with Crippen LogP contribution in [-0.4, -0.2) is 53.9 Å². The van der Waals surface area contributed by atoms with E-state index in [-0.39, 0.29) is 5.91 Å². The van der Waals surface area contributed by atoms with E-state index >= 15 is 0 Å². The Morgan fingerprint density at radius 3 is 2.50 bits per heavy atom. The van der Waals surface area contributed by atoms with Crippen LogP contribution in [0.3, 0.4) is 0 Å². The minimum Gasteiger partial charge on any atom is -0.389 e. The van der Waals surface area contributed by atoms with Gasteiger partial charge in [0.05, 0.1) is 0 Å². The maximum atomic E-state index is 12.6. The minimum absolute atomic E-state index is 0.101. The first kappa shape index (κ1) is 14.9. The Labute approximate surface area is 125 Å². The predicted molar refractivity (Wildman–Crippen MR) is 84.9 cm³/mol. The third-order valence-electron chi connectivity index (χ3n) is 3.63. The monoisotopic (exact) mass is 291 g/mol. The summed E-state index contributed by atoms with van der Waals surface area (Å²) < 4.78 is 0. The second-order valence-electron chi connectivity index (χ2n) is 5.50.